The molecule has 1 aromatic carbocycles. The predicted octanol–water partition coefficient (Wildman–Crippen LogP) is 1.92. The maximum atomic E-state index is 12.4. The van der Waals surface area contributed by atoms with Crippen molar-refractivity contribution in [2.45, 2.75) is 6.61 Å². The third-order valence-electron chi connectivity index (χ3n) is 3.77. The van der Waals surface area contributed by atoms with Gasteiger partial charge in [-0.05, 0) is 23.8 Å². The van der Waals surface area contributed by atoms with Crippen LogP contribution in [0.1, 0.15) is 11.3 Å². The molecular weight excluding hydrogens is 461 g/mol. The Labute approximate surface area is 169 Å². The number of piperazine rings is 1. The Morgan fingerprint density at radius 1 is 1.22 bits per heavy atom. The minimum atomic E-state index is -0.539. The molecule has 0 spiro atoms. The molecule has 138 valence electrons. The van der Waals surface area contributed by atoms with Gasteiger partial charge in [-0.1, -0.05) is 52.9 Å². The molecule has 3 rings (SSSR count). The molecule has 1 aliphatic rings. The topological polar surface area (TPSA) is 88.6 Å². The van der Waals surface area contributed by atoms with E-state index in [1.54, 1.807) is 12.1 Å². The minimum Gasteiger partial charge on any atom is -0.487 e. The van der Waals surface area contributed by atoms with Crippen LogP contribution in [0.5, 0.6) is 5.75 Å². The molecule has 0 radical (unpaired) electrons. The molecule has 1 aliphatic heterocycles. The molecule has 1 fully saturated rings. The summed E-state index contributed by atoms with van der Waals surface area (Å²) in [4.78, 5) is 41.1. The Hall–Kier alpha value is -2.75. The van der Waals surface area contributed by atoms with Gasteiger partial charge in [-0.3, -0.25) is 24.3 Å². The van der Waals surface area contributed by atoms with Gasteiger partial charge in [0, 0.05) is 0 Å². The van der Waals surface area contributed by atoms with Crippen molar-refractivity contribution in [3.63, 3.8) is 0 Å². The molecule has 1 saturated heterocycles. The highest BCUT2D eigenvalue weighted by Crippen LogP contribution is 2.15. The summed E-state index contributed by atoms with van der Waals surface area (Å²) in [7, 11) is 0. The quantitative estimate of drug-likeness (QED) is 0.404. The van der Waals surface area contributed by atoms with Crippen molar-refractivity contribution in [3.05, 3.63) is 65.6 Å². The smallest absolute Gasteiger partial charge is 0.277 e. The Morgan fingerprint density at radius 2 is 2.00 bits per heavy atom. The van der Waals surface area contributed by atoms with E-state index >= 15 is 0 Å². The molecule has 7 nitrogen and oxygen atoms in total. The lowest BCUT2D eigenvalue weighted by Gasteiger charge is -2.26. The van der Waals surface area contributed by atoms with Crippen LogP contribution >= 0.6 is 22.6 Å². The lowest BCUT2D eigenvalue weighted by molar-refractivity contribution is -0.147. The monoisotopic (exact) mass is 477 g/mol. The maximum absolute atomic E-state index is 12.4. The number of carbonyl (C=O) groups is 3. The van der Waals surface area contributed by atoms with Crippen LogP contribution in [0.2, 0.25) is 0 Å². The van der Waals surface area contributed by atoms with Gasteiger partial charge in [-0.15, -0.1) is 0 Å². The van der Waals surface area contributed by atoms with E-state index < -0.39 is 17.7 Å². The number of nitrogens with one attached hydrogen (secondary N) is 1. The second-order valence-electron chi connectivity index (χ2n) is 5.72. The number of imide groups is 1. The first-order chi connectivity index (χ1) is 13.1. The van der Waals surface area contributed by atoms with E-state index in [4.69, 9.17) is 4.74 Å². The first kappa shape index (κ1) is 19.0. The van der Waals surface area contributed by atoms with E-state index in [0.29, 0.717) is 18.1 Å². The van der Waals surface area contributed by atoms with Crippen molar-refractivity contribution in [3.8, 4) is 5.75 Å². The van der Waals surface area contributed by atoms with Gasteiger partial charge in [0.1, 0.15) is 24.6 Å². The summed E-state index contributed by atoms with van der Waals surface area (Å²) in [5.74, 6) is -0.773. The van der Waals surface area contributed by atoms with Crippen LogP contribution in [0, 0.1) is 0 Å². The molecule has 0 atom stereocenters. The Morgan fingerprint density at radius 3 is 2.67 bits per heavy atom. The number of halogens is 1. The van der Waals surface area contributed by atoms with Crippen LogP contribution in [-0.4, -0.2) is 38.6 Å². The Kier molecular flexibility index (Phi) is 6.17. The van der Waals surface area contributed by atoms with Gasteiger partial charge in [0.15, 0.2) is 0 Å². The summed E-state index contributed by atoms with van der Waals surface area (Å²) >= 11 is 1.86. The second-order valence-corrected chi connectivity index (χ2v) is 6.48. The highest BCUT2D eigenvalue weighted by Gasteiger charge is 2.31. The molecule has 1 N–H and O–H groups in total. The van der Waals surface area contributed by atoms with E-state index in [-0.39, 0.29) is 16.7 Å². The number of benzene rings is 1. The molecule has 2 heterocycles. The number of hydrogen-bond acceptors (Lipinski definition) is 5. The van der Waals surface area contributed by atoms with E-state index in [0.717, 1.165) is 10.5 Å². The van der Waals surface area contributed by atoms with Crippen molar-refractivity contribution in [1.82, 2.24) is 15.2 Å². The number of amides is 3. The third-order valence-corrected chi connectivity index (χ3v) is 4.42. The average molecular weight is 477 g/mol. The third kappa shape index (κ3) is 4.91. The van der Waals surface area contributed by atoms with Crippen LogP contribution in [-0.2, 0) is 21.0 Å². The number of pyridine rings is 1. The molecule has 1 aromatic heterocycles. The van der Waals surface area contributed by atoms with Crippen LogP contribution in [0.4, 0.5) is 0 Å². The highest BCUT2D eigenvalue weighted by molar-refractivity contribution is 14.1. The van der Waals surface area contributed by atoms with Gasteiger partial charge < -0.3 is 10.1 Å². The summed E-state index contributed by atoms with van der Waals surface area (Å²) in [5, 5.41) is 2.49. The number of alkyl halides is 1. The molecule has 3 amide bonds. The number of rotatable bonds is 5. The van der Waals surface area contributed by atoms with Crippen LogP contribution in [0.25, 0.3) is 6.08 Å². The standard InChI is InChI=1S/C19H16IN3O4/c20-9-18(25)23-11-17(24)22-16(19(23)26)8-14-6-7-15(10-21-14)27-12-13-4-2-1-3-5-13/h1-8,10H,9,11-12H2,(H,22,24). The first-order valence-electron chi connectivity index (χ1n) is 8.12. The molecule has 0 saturated carbocycles. The van der Waals surface area contributed by atoms with Gasteiger partial charge in [-0.2, -0.15) is 0 Å². The number of nitrogens with zero attached hydrogens (tertiary/aromatic N) is 2. The van der Waals surface area contributed by atoms with Gasteiger partial charge >= 0.3 is 0 Å². The average Bonchev–Trinajstić information content (AvgIpc) is 2.70. The normalized spacial score (nSPS) is 15.6. The van der Waals surface area contributed by atoms with Crippen molar-refractivity contribution in [1.29, 1.82) is 0 Å². The van der Waals surface area contributed by atoms with Crippen molar-refractivity contribution in [2.75, 3.05) is 11.0 Å². The lowest BCUT2D eigenvalue weighted by Crippen LogP contribution is -2.52. The second kappa shape index (κ2) is 8.76. The number of hydrogen-bond donors (Lipinski definition) is 1. The Bertz CT molecular complexity index is 882. The molecule has 8 heteroatoms. The molecular formula is C19H16IN3O4. The molecule has 0 aliphatic carbocycles. The van der Waals surface area contributed by atoms with Crippen molar-refractivity contribution >= 4 is 46.4 Å². The zero-order valence-corrected chi connectivity index (χ0v) is 16.4. The molecule has 0 unspecified atom stereocenters. The maximum Gasteiger partial charge on any atom is 0.277 e. The van der Waals surface area contributed by atoms with E-state index in [2.05, 4.69) is 10.3 Å². The largest absolute Gasteiger partial charge is 0.487 e. The number of ether oxygens (including phenoxy) is 1. The summed E-state index contributed by atoms with van der Waals surface area (Å²) in [6.45, 7) is 0.155. The predicted molar refractivity (Wildman–Crippen MR) is 107 cm³/mol. The van der Waals surface area contributed by atoms with Crippen molar-refractivity contribution < 1.29 is 19.1 Å². The fraction of sp³-hybridized carbons (Fsp3) is 0.158. The van der Waals surface area contributed by atoms with Gasteiger partial charge in [0.2, 0.25) is 11.8 Å². The summed E-state index contributed by atoms with van der Waals surface area (Å²) in [5.41, 5.74) is 1.53. The minimum absolute atomic E-state index is 0.0231. The summed E-state index contributed by atoms with van der Waals surface area (Å²) in [6, 6.07) is 13.1. The highest BCUT2D eigenvalue weighted by atomic mass is 127. The zero-order chi connectivity index (χ0) is 19.2. The van der Waals surface area contributed by atoms with E-state index in [1.165, 1.54) is 12.3 Å². The molecule has 0 bridgehead atoms. The van der Waals surface area contributed by atoms with Gasteiger partial charge in [-0.25, -0.2) is 0 Å². The van der Waals surface area contributed by atoms with Crippen molar-refractivity contribution in [2.24, 2.45) is 0 Å². The SMILES string of the molecule is O=C1CN(C(=O)CI)C(=O)C(=Cc2ccc(OCc3ccccc3)cn2)N1. The number of aromatic nitrogens is 1. The van der Waals surface area contributed by atoms with Crippen LogP contribution < -0.4 is 10.1 Å². The Balaban J connectivity index is 1.69. The fourth-order valence-electron chi connectivity index (χ4n) is 2.43. The van der Waals surface area contributed by atoms with Crippen LogP contribution in [0.3, 0.4) is 0 Å². The summed E-state index contributed by atoms with van der Waals surface area (Å²) in [6.07, 6.45) is 2.98. The lowest BCUT2D eigenvalue weighted by atomic mass is 10.2. The molecule has 27 heavy (non-hydrogen) atoms. The zero-order valence-electron chi connectivity index (χ0n) is 14.2. The summed E-state index contributed by atoms with van der Waals surface area (Å²) < 4.78 is 5.79. The van der Waals surface area contributed by atoms with Crippen LogP contribution in [0.15, 0.2) is 54.4 Å². The number of carbonyl (C=O) groups excluding carboxylic acids is 3. The van der Waals surface area contributed by atoms with E-state index in [1.807, 2.05) is 52.9 Å². The first-order valence-corrected chi connectivity index (χ1v) is 9.64. The van der Waals surface area contributed by atoms with Gasteiger partial charge in [0.25, 0.3) is 5.91 Å². The van der Waals surface area contributed by atoms with E-state index in [9.17, 15) is 14.4 Å². The fourth-order valence-corrected chi connectivity index (χ4v) is 2.84. The van der Waals surface area contributed by atoms with Gasteiger partial charge in [0.05, 0.1) is 16.3 Å². The molecule has 2 aromatic rings.